The fourth-order valence-corrected chi connectivity index (χ4v) is 9.86. The molecule has 7 unspecified atom stereocenters. The van der Waals surface area contributed by atoms with Gasteiger partial charge < -0.3 is 45.1 Å². The second kappa shape index (κ2) is 54.6. The zero-order chi connectivity index (χ0) is 55.2. The minimum atomic E-state index is -1.57. The van der Waals surface area contributed by atoms with Crippen LogP contribution in [0, 0.1) is 0 Å². The van der Waals surface area contributed by atoms with Gasteiger partial charge in [0.1, 0.15) is 24.4 Å². The highest BCUT2D eigenvalue weighted by Gasteiger charge is 2.44. The maximum Gasteiger partial charge on any atom is 0.305 e. The summed E-state index contributed by atoms with van der Waals surface area (Å²) in [5.74, 6) is -0.241. The van der Waals surface area contributed by atoms with Gasteiger partial charge in [0, 0.05) is 12.8 Å². The summed E-state index contributed by atoms with van der Waals surface area (Å²) in [6.45, 7) is 4.20. The van der Waals surface area contributed by atoms with Crippen molar-refractivity contribution in [1.82, 2.24) is 5.32 Å². The standard InChI is InChI=1S/C65H119NO10/c1-3-5-7-9-11-13-14-15-16-17-24-27-30-33-37-41-45-49-53-61(70)74-54-50-46-42-38-34-31-28-25-22-20-18-19-21-23-26-29-32-36-40-44-48-52-60(69)66-57(58(68)51-47-43-39-35-12-10-8-6-4-2)56-75-65-64(73)63(72)62(71)59(55-67)76-65/h16-17,31,34,42,46-47,51,57-59,62-65,67-68,71-73H,3-15,18-30,32-33,35-41,43-45,48-50,52-56H2,1-2H3,(H,66,69)/b17-16-,34-31-,46-42-,51-47+. The number of unbranched alkanes of at least 4 members (excludes halogenated alkanes) is 35. The van der Waals surface area contributed by atoms with Gasteiger partial charge in [-0.15, -0.1) is 0 Å². The molecule has 11 nitrogen and oxygen atoms in total. The van der Waals surface area contributed by atoms with Gasteiger partial charge in [0.05, 0.1) is 32.0 Å². The Hall–Kier alpha value is -2.38. The van der Waals surface area contributed by atoms with Crippen LogP contribution in [0.1, 0.15) is 290 Å². The Balaban J connectivity index is 2.00. The number of nitrogens with one attached hydrogen (secondary N) is 1. The predicted molar refractivity (Wildman–Crippen MR) is 315 cm³/mol. The zero-order valence-corrected chi connectivity index (χ0v) is 49.0. The Morgan fingerprint density at radius 3 is 1.34 bits per heavy atom. The van der Waals surface area contributed by atoms with E-state index < -0.39 is 49.5 Å². The molecule has 0 aromatic heterocycles. The van der Waals surface area contributed by atoms with Crippen molar-refractivity contribution in [3.8, 4) is 0 Å². The lowest BCUT2D eigenvalue weighted by Crippen LogP contribution is -2.60. The fourth-order valence-electron chi connectivity index (χ4n) is 9.86. The quantitative estimate of drug-likeness (QED) is 0.0195. The summed E-state index contributed by atoms with van der Waals surface area (Å²) in [6, 6.07) is -0.813. The number of carbonyl (C=O) groups excluding carboxylic acids is 2. The number of carbonyl (C=O) groups is 2. The molecule has 1 amide bonds. The molecule has 0 radical (unpaired) electrons. The molecule has 1 fully saturated rings. The molecular weight excluding hydrogens is 955 g/mol. The van der Waals surface area contributed by atoms with Crippen LogP contribution in [0.25, 0.3) is 0 Å². The van der Waals surface area contributed by atoms with Crippen LogP contribution < -0.4 is 5.32 Å². The van der Waals surface area contributed by atoms with E-state index in [4.69, 9.17) is 14.2 Å². The number of esters is 1. The van der Waals surface area contributed by atoms with E-state index in [0.29, 0.717) is 19.4 Å². The number of rotatable bonds is 55. The highest BCUT2D eigenvalue weighted by Crippen LogP contribution is 2.23. The van der Waals surface area contributed by atoms with E-state index in [0.717, 1.165) is 70.6 Å². The van der Waals surface area contributed by atoms with Crippen molar-refractivity contribution in [2.75, 3.05) is 19.8 Å². The van der Waals surface area contributed by atoms with Crippen LogP contribution in [0.3, 0.4) is 0 Å². The van der Waals surface area contributed by atoms with Gasteiger partial charge in [0.25, 0.3) is 0 Å². The fraction of sp³-hybridized carbons (Fsp3) is 0.846. The maximum atomic E-state index is 13.0. The van der Waals surface area contributed by atoms with Crippen molar-refractivity contribution in [2.45, 2.75) is 333 Å². The van der Waals surface area contributed by atoms with Gasteiger partial charge in [-0.05, 0) is 77.0 Å². The molecular formula is C65H119NO10. The Morgan fingerprint density at radius 2 is 0.882 bits per heavy atom. The van der Waals surface area contributed by atoms with Crippen molar-refractivity contribution in [1.29, 1.82) is 0 Å². The van der Waals surface area contributed by atoms with Gasteiger partial charge in [0.15, 0.2) is 6.29 Å². The molecule has 6 N–H and O–H groups in total. The molecule has 7 atom stereocenters. The number of allylic oxidation sites excluding steroid dienone is 6. The molecule has 76 heavy (non-hydrogen) atoms. The Kier molecular flexibility index (Phi) is 51.4. The van der Waals surface area contributed by atoms with Crippen molar-refractivity contribution in [3.63, 3.8) is 0 Å². The van der Waals surface area contributed by atoms with Gasteiger partial charge in [-0.3, -0.25) is 9.59 Å². The molecule has 444 valence electrons. The average Bonchev–Trinajstić information content (AvgIpc) is 3.42. The van der Waals surface area contributed by atoms with Crippen molar-refractivity contribution >= 4 is 11.9 Å². The Labute approximate surface area is 466 Å². The van der Waals surface area contributed by atoms with E-state index in [1.807, 2.05) is 6.08 Å². The first-order chi connectivity index (χ1) is 37.2. The number of hydrogen-bond donors (Lipinski definition) is 6. The lowest BCUT2D eigenvalue weighted by Gasteiger charge is -2.40. The SMILES string of the molecule is CCCCCCCCC/C=C\CCCCCCCCCC(=O)OCC/C=C\C/C=C\CCCCCCCCCCCCCCCCC(=O)NC(COC1OC(CO)C(O)C(O)C1O)C(O)/C=C/CCCCCCCCC. The molecule has 0 aromatic carbocycles. The normalized spacial score (nSPS) is 19.0. The topological polar surface area (TPSA) is 175 Å². The number of aliphatic hydroxyl groups excluding tert-OH is 5. The van der Waals surface area contributed by atoms with E-state index in [-0.39, 0.29) is 18.5 Å². The third-order valence-electron chi connectivity index (χ3n) is 14.9. The second-order valence-electron chi connectivity index (χ2n) is 22.1. The summed E-state index contributed by atoms with van der Waals surface area (Å²) in [4.78, 5) is 25.1. The number of ether oxygens (including phenoxy) is 3. The van der Waals surface area contributed by atoms with Gasteiger partial charge in [-0.2, -0.15) is 0 Å². The molecule has 0 bridgehead atoms. The summed E-state index contributed by atoms with van der Waals surface area (Å²) in [7, 11) is 0. The van der Waals surface area contributed by atoms with Crippen LogP contribution in [0.2, 0.25) is 0 Å². The Morgan fingerprint density at radius 1 is 0.487 bits per heavy atom. The van der Waals surface area contributed by atoms with Crippen LogP contribution in [0.15, 0.2) is 48.6 Å². The van der Waals surface area contributed by atoms with Crippen LogP contribution in [-0.2, 0) is 23.8 Å². The third kappa shape index (κ3) is 43.5. The molecule has 1 heterocycles. The van der Waals surface area contributed by atoms with Crippen molar-refractivity contribution < 1.29 is 49.3 Å². The predicted octanol–water partition coefficient (Wildman–Crippen LogP) is 15.2. The minimum Gasteiger partial charge on any atom is -0.465 e. The second-order valence-corrected chi connectivity index (χ2v) is 22.1. The first-order valence-corrected chi connectivity index (χ1v) is 31.9. The lowest BCUT2D eigenvalue weighted by molar-refractivity contribution is -0.302. The van der Waals surface area contributed by atoms with Gasteiger partial charge in [-0.1, -0.05) is 249 Å². The van der Waals surface area contributed by atoms with Crippen molar-refractivity contribution in [3.05, 3.63) is 48.6 Å². The highest BCUT2D eigenvalue weighted by atomic mass is 16.7. The average molecular weight is 1070 g/mol. The molecule has 1 aliphatic rings. The van der Waals surface area contributed by atoms with Crippen LogP contribution in [0.4, 0.5) is 0 Å². The largest absolute Gasteiger partial charge is 0.465 e. The molecule has 0 saturated carbocycles. The third-order valence-corrected chi connectivity index (χ3v) is 14.9. The van der Waals surface area contributed by atoms with E-state index in [1.165, 1.54) is 193 Å². The summed E-state index contributed by atoms with van der Waals surface area (Å²) in [6.07, 6.45) is 59.6. The molecule has 11 heteroatoms. The van der Waals surface area contributed by atoms with E-state index in [9.17, 15) is 35.1 Å². The highest BCUT2D eigenvalue weighted by molar-refractivity contribution is 5.76. The number of hydrogen-bond acceptors (Lipinski definition) is 10. The zero-order valence-electron chi connectivity index (χ0n) is 49.0. The van der Waals surface area contributed by atoms with Crippen LogP contribution in [0.5, 0.6) is 0 Å². The molecule has 0 aromatic rings. The van der Waals surface area contributed by atoms with E-state index in [1.54, 1.807) is 6.08 Å². The smallest absolute Gasteiger partial charge is 0.305 e. The first kappa shape index (κ1) is 71.6. The molecule has 0 spiro atoms. The number of amides is 1. The summed E-state index contributed by atoms with van der Waals surface area (Å²) >= 11 is 0. The lowest BCUT2D eigenvalue weighted by atomic mass is 9.99. The molecule has 1 aliphatic heterocycles. The maximum absolute atomic E-state index is 13.0. The van der Waals surface area contributed by atoms with Crippen LogP contribution in [-0.4, -0.2) is 100 Å². The summed E-state index contributed by atoms with van der Waals surface area (Å²) in [5.41, 5.74) is 0. The minimum absolute atomic E-state index is 0.0516. The molecule has 0 aliphatic carbocycles. The van der Waals surface area contributed by atoms with E-state index in [2.05, 4.69) is 55.6 Å². The monoisotopic (exact) mass is 1070 g/mol. The first-order valence-electron chi connectivity index (χ1n) is 31.9. The summed E-state index contributed by atoms with van der Waals surface area (Å²) in [5, 5.41) is 54.2. The van der Waals surface area contributed by atoms with Gasteiger partial charge in [0.2, 0.25) is 5.91 Å². The van der Waals surface area contributed by atoms with E-state index >= 15 is 0 Å². The summed E-state index contributed by atoms with van der Waals surface area (Å²) < 4.78 is 16.6. The van der Waals surface area contributed by atoms with Crippen LogP contribution >= 0.6 is 0 Å². The Bertz CT molecular complexity index is 1400. The molecule has 1 rings (SSSR count). The van der Waals surface area contributed by atoms with Crippen molar-refractivity contribution in [2.24, 2.45) is 0 Å². The molecule has 1 saturated heterocycles. The van der Waals surface area contributed by atoms with Gasteiger partial charge >= 0.3 is 5.97 Å². The van der Waals surface area contributed by atoms with Gasteiger partial charge in [-0.25, -0.2) is 0 Å². The number of aliphatic hydroxyl groups is 5.